The number of ether oxygens (including phenoxy) is 1. The Labute approximate surface area is 147 Å². The first-order chi connectivity index (χ1) is 12.2. The van der Waals surface area contributed by atoms with Crippen LogP contribution in [0.4, 0.5) is 0 Å². The van der Waals surface area contributed by atoms with E-state index in [1.165, 1.54) is 0 Å². The molecular weight excluding hydrogens is 316 g/mol. The second-order valence-corrected chi connectivity index (χ2v) is 5.99. The van der Waals surface area contributed by atoms with Gasteiger partial charge in [0.05, 0.1) is 0 Å². The minimum Gasteiger partial charge on any atom is -0.457 e. The maximum absolute atomic E-state index is 12.3. The third-order valence-corrected chi connectivity index (χ3v) is 4.19. The van der Waals surface area contributed by atoms with Gasteiger partial charge in [-0.1, -0.05) is 18.2 Å². The van der Waals surface area contributed by atoms with E-state index in [9.17, 15) is 9.59 Å². The number of amides is 1. The molecule has 0 aliphatic carbocycles. The van der Waals surface area contributed by atoms with Gasteiger partial charge >= 0.3 is 0 Å². The molecule has 3 rings (SSSR count). The summed E-state index contributed by atoms with van der Waals surface area (Å²) in [7, 11) is 0. The fourth-order valence-electron chi connectivity index (χ4n) is 2.77. The molecule has 5 nitrogen and oxygen atoms in total. The van der Waals surface area contributed by atoms with Crippen LogP contribution in [0.1, 0.15) is 23.2 Å². The molecule has 2 aromatic carbocycles. The number of nitrogens with one attached hydrogen (secondary N) is 1. The summed E-state index contributed by atoms with van der Waals surface area (Å²) in [6.07, 6.45) is 0.503. The maximum Gasteiger partial charge on any atom is 0.223 e. The number of carbonyl (C=O) groups excluding carboxylic acids is 2. The van der Waals surface area contributed by atoms with Gasteiger partial charge in [-0.15, -0.1) is 0 Å². The minimum atomic E-state index is -0.0188. The number of carbonyl (C=O) groups is 2. The van der Waals surface area contributed by atoms with Crippen LogP contribution in [0, 0.1) is 0 Å². The number of ketones is 1. The topological polar surface area (TPSA) is 58.6 Å². The van der Waals surface area contributed by atoms with E-state index in [2.05, 4.69) is 5.32 Å². The van der Waals surface area contributed by atoms with E-state index in [1.807, 2.05) is 35.2 Å². The maximum atomic E-state index is 12.3. The van der Waals surface area contributed by atoms with Gasteiger partial charge in [-0.05, 0) is 36.4 Å². The van der Waals surface area contributed by atoms with Crippen LogP contribution < -0.4 is 10.1 Å². The van der Waals surface area contributed by atoms with E-state index in [-0.39, 0.29) is 24.5 Å². The molecular formula is C20H22N2O3. The molecule has 2 aromatic rings. The summed E-state index contributed by atoms with van der Waals surface area (Å²) in [4.78, 5) is 26.2. The van der Waals surface area contributed by atoms with Crippen molar-refractivity contribution >= 4 is 11.7 Å². The molecule has 1 N–H and O–H groups in total. The Hall–Kier alpha value is -2.66. The number of nitrogens with zero attached hydrogens (tertiary/aromatic N) is 1. The van der Waals surface area contributed by atoms with Crippen LogP contribution >= 0.6 is 0 Å². The van der Waals surface area contributed by atoms with Crippen molar-refractivity contribution in [1.82, 2.24) is 10.2 Å². The zero-order chi connectivity index (χ0) is 17.5. The zero-order valence-corrected chi connectivity index (χ0v) is 14.1. The van der Waals surface area contributed by atoms with Crippen molar-refractivity contribution in [3.8, 4) is 11.5 Å². The zero-order valence-electron chi connectivity index (χ0n) is 14.1. The number of rotatable bonds is 6. The SMILES string of the molecule is O=C(CCC(=O)N1CCNCC1)c1ccc(Oc2ccccc2)cc1. The lowest BCUT2D eigenvalue weighted by Gasteiger charge is -2.27. The Morgan fingerprint density at radius 3 is 2.20 bits per heavy atom. The van der Waals surface area contributed by atoms with Crippen molar-refractivity contribution in [3.63, 3.8) is 0 Å². The summed E-state index contributed by atoms with van der Waals surface area (Å²) >= 11 is 0. The van der Waals surface area contributed by atoms with Crippen LogP contribution in [-0.2, 0) is 4.79 Å². The number of hydrogen-bond donors (Lipinski definition) is 1. The first-order valence-electron chi connectivity index (χ1n) is 8.57. The van der Waals surface area contributed by atoms with Crippen molar-refractivity contribution in [3.05, 3.63) is 60.2 Å². The van der Waals surface area contributed by atoms with Crippen molar-refractivity contribution in [1.29, 1.82) is 0 Å². The fraction of sp³-hybridized carbons (Fsp3) is 0.300. The van der Waals surface area contributed by atoms with Crippen LogP contribution in [0.25, 0.3) is 0 Å². The van der Waals surface area contributed by atoms with Gasteiger partial charge in [0.25, 0.3) is 0 Å². The number of Topliss-reactive ketones (excluding diaryl/α,β-unsaturated/α-hetero) is 1. The van der Waals surface area contributed by atoms with E-state index >= 15 is 0 Å². The Balaban J connectivity index is 1.51. The predicted molar refractivity (Wildman–Crippen MR) is 96.0 cm³/mol. The van der Waals surface area contributed by atoms with Gasteiger partial charge in [-0.2, -0.15) is 0 Å². The molecule has 1 amide bonds. The fourth-order valence-corrected chi connectivity index (χ4v) is 2.77. The van der Waals surface area contributed by atoms with Crippen LogP contribution in [0.15, 0.2) is 54.6 Å². The van der Waals surface area contributed by atoms with Gasteiger partial charge in [0.15, 0.2) is 5.78 Å². The van der Waals surface area contributed by atoms with E-state index in [1.54, 1.807) is 24.3 Å². The van der Waals surface area contributed by atoms with Crippen molar-refractivity contribution in [2.45, 2.75) is 12.8 Å². The number of para-hydroxylation sites is 1. The summed E-state index contributed by atoms with van der Waals surface area (Å²) in [5.74, 6) is 1.47. The summed E-state index contributed by atoms with van der Waals surface area (Å²) in [5.41, 5.74) is 0.605. The van der Waals surface area contributed by atoms with E-state index in [0.29, 0.717) is 11.3 Å². The molecule has 0 unspecified atom stereocenters. The molecule has 1 heterocycles. The van der Waals surface area contributed by atoms with Gasteiger partial charge < -0.3 is 15.0 Å². The normalized spacial score (nSPS) is 14.2. The third-order valence-electron chi connectivity index (χ3n) is 4.19. The lowest BCUT2D eigenvalue weighted by Crippen LogP contribution is -2.46. The smallest absolute Gasteiger partial charge is 0.223 e. The second-order valence-electron chi connectivity index (χ2n) is 5.99. The highest BCUT2D eigenvalue weighted by Gasteiger charge is 2.17. The quantitative estimate of drug-likeness (QED) is 0.823. The van der Waals surface area contributed by atoms with Crippen LogP contribution in [0.3, 0.4) is 0 Å². The highest BCUT2D eigenvalue weighted by molar-refractivity contribution is 5.98. The van der Waals surface area contributed by atoms with Gasteiger partial charge in [-0.3, -0.25) is 9.59 Å². The standard InChI is InChI=1S/C20H22N2O3/c23-19(10-11-20(24)22-14-12-21-13-15-22)16-6-8-18(9-7-16)25-17-4-2-1-3-5-17/h1-9,21H,10-15H2. The summed E-state index contributed by atoms with van der Waals surface area (Å²) in [6, 6.07) is 16.5. The van der Waals surface area contributed by atoms with Gasteiger partial charge in [0.2, 0.25) is 5.91 Å². The minimum absolute atomic E-state index is 0.0188. The average molecular weight is 338 g/mol. The highest BCUT2D eigenvalue weighted by atomic mass is 16.5. The number of benzene rings is 2. The highest BCUT2D eigenvalue weighted by Crippen LogP contribution is 2.21. The average Bonchev–Trinajstić information content (AvgIpc) is 2.68. The van der Waals surface area contributed by atoms with E-state index in [4.69, 9.17) is 4.74 Å². The van der Waals surface area contributed by atoms with Gasteiger partial charge in [0, 0.05) is 44.6 Å². The Bertz CT molecular complexity index is 707. The molecule has 1 aliphatic heterocycles. The number of piperazine rings is 1. The van der Waals surface area contributed by atoms with Crippen LogP contribution in [0.2, 0.25) is 0 Å². The Kier molecular flexibility index (Phi) is 5.80. The molecule has 1 aliphatic rings. The lowest BCUT2D eigenvalue weighted by molar-refractivity contribution is -0.131. The first kappa shape index (κ1) is 17.2. The van der Waals surface area contributed by atoms with Crippen molar-refractivity contribution < 1.29 is 14.3 Å². The van der Waals surface area contributed by atoms with Crippen molar-refractivity contribution in [2.24, 2.45) is 0 Å². The Morgan fingerprint density at radius 1 is 0.880 bits per heavy atom. The van der Waals surface area contributed by atoms with E-state index in [0.717, 1.165) is 31.9 Å². The molecule has 0 radical (unpaired) electrons. The molecule has 1 saturated heterocycles. The monoisotopic (exact) mass is 338 g/mol. The molecule has 0 spiro atoms. The van der Waals surface area contributed by atoms with Gasteiger partial charge in [-0.25, -0.2) is 0 Å². The Morgan fingerprint density at radius 2 is 1.52 bits per heavy atom. The molecule has 1 fully saturated rings. The summed E-state index contributed by atoms with van der Waals surface area (Å²) in [5, 5.41) is 3.21. The van der Waals surface area contributed by atoms with Gasteiger partial charge in [0.1, 0.15) is 11.5 Å². The molecule has 0 bridgehead atoms. The predicted octanol–water partition coefficient (Wildman–Crippen LogP) is 2.87. The molecule has 0 aromatic heterocycles. The third kappa shape index (κ3) is 4.90. The lowest BCUT2D eigenvalue weighted by atomic mass is 10.1. The van der Waals surface area contributed by atoms with E-state index < -0.39 is 0 Å². The van der Waals surface area contributed by atoms with Crippen molar-refractivity contribution in [2.75, 3.05) is 26.2 Å². The molecule has 0 saturated carbocycles. The number of hydrogen-bond acceptors (Lipinski definition) is 4. The molecule has 25 heavy (non-hydrogen) atoms. The summed E-state index contributed by atoms with van der Waals surface area (Å²) < 4.78 is 5.71. The molecule has 130 valence electrons. The summed E-state index contributed by atoms with van der Waals surface area (Å²) in [6.45, 7) is 3.09. The second kappa shape index (κ2) is 8.44. The largest absolute Gasteiger partial charge is 0.457 e. The molecule has 0 atom stereocenters. The first-order valence-corrected chi connectivity index (χ1v) is 8.57. The molecule has 5 heteroatoms. The van der Waals surface area contributed by atoms with Crippen LogP contribution in [-0.4, -0.2) is 42.8 Å². The van der Waals surface area contributed by atoms with Crippen LogP contribution in [0.5, 0.6) is 11.5 Å².